The van der Waals surface area contributed by atoms with Crippen molar-refractivity contribution in [2.45, 2.75) is 52.4 Å². The van der Waals surface area contributed by atoms with E-state index in [4.69, 9.17) is 18.8 Å². The third-order valence-electron chi connectivity index (χ3n) is 9.70. The van der Waals surface area contributed by atoms with Gasteiger partial charge in [0.05, 0.1) is 11.3 Å². The summed E-state index contributed by atoms with van der Waals surface area (Å²) in [6.45, 7) is 13.0. The zero-order valence-corrected chi connectivity index (χ0v) is 30.1. The zero-order valence-electron chi connectivity index (χ0n) is 30.1. The van der Waals surface area contributed by atoms with Gasteiger partial charge in [-0.05, 0) is 93.7 Å². The number of benzene rings is 6. The third kappa shape index (κ3) is 5.94. The van der Waals surface area contributed by atoms with Gasteiger partial charge in [-0.3, -0.25) is 4.99 Å². The molecule has 5 nitrogen and oxygen atoms in total. The van der Waals surface area contributed by atoms with Crippen molar-refractivity contribution < 1.29 is 18.3 Å². The van der Waals surface area contributed by atoms with Gasteiger partial charge in [-0.1, -0.05) is 96.1 Å². The van der Waals surface area contributed by atoms with Crippen LogP contribution in [-0.2, 0) is 10.8 Å². The molecule has 0 bridgehead atoms. The van der Waals surface area contributed by atoms with Gasteiger partial charge in [-0.2, -0.15) is 0 Å². The fourth-order valence-electron chi connectivity index (χ4n) is 6.72. The first kappa shape index (κ1) is 33.2. The molecule has 0 unspecified atom stereocenters. The number of phenols is 1. The Labute approximate surface area is 302 Å². The van der Waals surface area contributed by atoms with Crippen LogP contribution in [-0.4, -0.2) is 16.3 Å². The first-order chi connectivity index (χ1) is 24.8. The molecule has 8 aromatic rings. The minimum Gasteiger partial charge on any atom is -0.507 e. The van der Waals surface area contributed by atoms with Crippen molar-refractivity contribution in [2.75, 3.05) is 0 Å². The minimum absolute atomic E-state index is 0.0781. The van der Waals surface area contributed by atoms with Gasteiger partial charge in [0, 0.05) is 33.7 Å². The van der Waals surface area contributed by atoms with E-state index in [0.29, 0.717) is 28.2 Å². The summed E-state index contributed by atoms with van der Waals surface area (Å²) in [4.78, 5) is 9.97. The van der Waals surface area contributed by atoms with E-state index in [1.807, 2.05) is 54.6 Å². The summed E-state index contributed by atoms with van der Waals surface area (Å²) in [6.07, 6.45) is 1.69. The normalized spacial score (nSPS) is 12.5. The lowest BCUT2D eigenvalue weighted by atomic mass is 9.84. The lowest BCUT2D eigenvalue weighted by molar-refractivity contribution is 0.473. The molecule has 8 rings (SSSR count). The molecule has 0 atom stereocenters. The maximum atomic E-state index is 14.0. The SMILES string of the molecule is CC(C)(C)c1ccc(O)c(C=Nc2ccccc2-c2nc3c(-c4ccc(-c5ccc(F)cc5)c5c4oc4ccccc45)cc(C(C)(C)C)cc3o2)c1. The van der Waals surface area contributed by atoms with Crippen LogP contribution in [0.2, 0.25) is 0 Å². The Hall–Kier alpha value is -6.01. The number of hydrogen-bond donors (Lipinski definition) is 1. The first-order valence-electron chi connectivity index (χ1n) is 17.5. The van der Waals surface area contributed by atoms with E-state index in [-0.39, 0.29) is 22.4 Å². The fraction of sp³-hybridized carbons (Fsp3) is 0.174. The number of para-hydroxylation sites is 2. The highest BCUT2D eigenvalue weighted by Gasteiger charge is 2.25. The number of aromatic nitrogens is 1. The molecule has 0 aliphatic heterocycles. The molecular formula is C46H39FN2O3. The van der Waals surface area contributed by atoms with Crippen LogP contribution in [0, 0.1) is 5.82 Å². The van der Waals surface area contributed by atoms with E-state index in [0.717, 1.165) is 60.9 Å². The number of aromatic hydroxyl groups is 1. The van der Waals surface area contributed by atoms with Gasteiger partial charge in [-0.25, -0.2) is 9.37 Å². The van der Waals surface area contributed by atoms with Crippen molar-refractivity contribution >= 4 is 44.9 Å². The van der Waals surface area contributed by atoms with Gasteiger partial charge in [-0.15, -0.1) is 0 Å². The second-order valence-corrected chi connectivity index (χ2v) is 15.4. The second-order valence-electron chi connectivity index (χ2n) is 15.4. The molecule has 0 aliphatic carbocycles. The summed E-state index contributed by atoms with van der Waals surface area (Å²) in [5.41, 5.74) is 10.4. The highest BCUT2D eigenvalue weighted by atomic mass is 19.1. The Kier molecular flexibility index (Phi) is 7.87. The summed E-state index contributed by atoms with van der Waals surface area (Å²) >= 11 is 0. The smallest absolute Gasteiger partial charge is 0.229 e. The number of hydrogen-bond acceptors (Lipinski definition) is 5. The van der Waals surface area contributed by atoms with Crippen LogP contribution in [0.5, 0.6) is 5.75 Å². The molecule has 0 saturated heterocycles. The molecule has 0 fully saturated rings. The Morgan fingerprint density at radius 3 is 2.13 bits per heavy atom. The highest BCUT2D eigenvalue weighted by molar-refractivity contribution is 6.17. The lowest BCUT2D eigenvalue weighted by Crippen LogP contribution is -2.11. The van der Waals surface area contributed by atoms with Gasteiger partial charge < -0.3 is 13.9 Å². The zero-order chi connectivity index (χ0) is 36.4. The van der Waals surface area contributed by atoms with Crippen molar-refractivity contribution in [3.05, 3.63) is 138 Å². The maximum Gasteiger partial charge on any atom is 0.229 e. The highest BCUT2D eigenvalue weighted by Crippen LogP contribution is 2.45. The van der Waals surface area contributed by atoms with Gasteiger partial charge in [0.15, 0.2) is 5.58 Å². The molecule has 0 amide bonds. The van der Waals surface area contributed by atoms with Crippen molar-refractivity contribution in [3.63, 3.8) is 0 Å². The first-order valence-corrected chi connectivity index (χ1v) is 17.5. The van der Waals surface area contributed by atoms with Gasteiger partial charge >= 0.3 is 0 Å². The molecule has 1 N–H and O–H groups in total. The average molecular weight is 687 g/mol. The number of furan rings is 1. The lowest BCUT2D eigenvalue weighted by Gasteiger charge is -2.20. The van der Waals surface area contributed by atoms with Gasteiger partial charge in [0.1, 0.15) is 28.2 Å². The van der Waals surface area contributed by atoms with Crippen molar-refractivity contribution in [1.29, 1.82) is 0 Å². The monoisotopic (exact) mass is 686 g/mol. The summed E-state index contributed by atoms with van der Waals surface area (Å²) in [6, 6.07) is 36.3. The van der Waals surface area contributed by atoms with Crippen molar-refractivity contribution in [3.8, 4) is 39.5 Å². The van der Waals surface area contributed by atoms with E-state index in [1.165, 1.54) is 12.1 Å². The number of phenolic OH excluding ortho intramolecular Hbond substituents is 1. The summed E-state index contributed by atoms with van der Waals surface area (Å²) in [5, 5.41) is 12.6. The molecule has 52 heavy (non-hydrogen) atoms. The summed E-state index contributed by atoms with van der Waals surface area (Å²) in [7, 11) is 0. The van der Waals surface area contributed by atoms with Crippen LogP contribution in [0.1, 0.15) is 58.2 Å². The number of oxazole rings is 1. The third-order valence-corrected chi connectivity index (χ3v) is 9.70. The summed E-state index contributed by atoms with van der Waals surface area (Å²) < 4.78 is 27.2. The van der Waals surface area contributed by atoms with E-state index in [9.17, 15) is 9.50 Å². The Morgan fingerprint density at radius 1 is 0.654 bits per heavy atom. The van der Waals surface area contributed by atoms with E-state index in [2.05, 4.69) is 71.9 Å². The van der Waals surface area contributed by atoms with Crippen molar-refractivity contribution in [1.82, 2.24) is 4.98 Å². The van der Waals surface area contributed by atoms with E-state index in [1.54, 1.807) is 24.4 Å². The molecule has 0 aliphatic rings. The minimum atomic E-state index is -0.281. The molecule has 6 aromatic carbocycles. The molecule has 0 spiro atoms. The molecule has 0 radical (unpaired) electrons. The standard InChI is InChI=1S/C46H39FN2O3/c1-45(2,3)29-17-22-38(50)28(23-29)26-48-37-13-9-7-11-34(37)44-49-42-36(24-30(46(4,5)6)25-40(42)52-44)33-21-20-32(27-15-18-31(47)19-16-27)41-35-12-8-10-14-39(35)51-43(33)41/h7-26,50H,1-6H3. The average Bonchev–Trinajstić information content (AvgIpc) is 3.73. The quantitative estimate of drug-likeness (QED) is 0.183. The number of fused-ring (bicyclic) bond motifs is 4. The maximum absolute atomic E-state index is 14.0. The van der Waals surface area contributed by atoms with Gasteiger partial charge in [0.2, 0.25) is 5.89 Å². The second kappa shape index (κ2) is 12.3. The Morgan fingerprint density at radius 2 is 1.37 bits per heavy atom. The Bertz CT molecular complexity index is 2670. The van der Waals surface area contributed by atoms with Crippen LogP contribution in [0.3, 0.4) is 0 Å². The molecular weight excluding hydrogens is 648 g/mol. The van der Waals surface area contributed by atoms with Crippen LogP contribution in [0.15, 0.2) is 129 Å². The molecule has 6 heteroatoms. The molecule has 0 saturated carbocycles. The number of rotatable bonds is 5. The number of aliphatic imine (C=N–C) groups is 1. The fourth-order valence-corrected chi connectivity index (χ4v) is 6.72. The predicted octanol–water partition coefficient (Wildman–Crippen LogP) is 12.9. The van der Waals surface area contributed by atoms with Crippen LogP contribution in [0.4, 0.5) is 10.1 Å². The predicted molar refractivity (Wildman–Crippen MR) is 210 cm³/mol. The summed E-state index contributed by atoms with van der Waals surface area (Å²) in [5.74, 6) is 0.321. The van der Waals surface area contributed by atoms with Crippen LogP contribution < -0.4 is 0 Å². The molecule has 2 aromatic heterocycles. The van der Waals surface area contributed by atoms with Crippen LogP contribution >= 0.6 is 0 Å². The molecule has 258 valence electrons. The topological polar surface area (TPSA) is 71.8 Å². The van der Waals surface area contributed by atoms with E-state index >= 15 is 0 Å². The van der Waals surface area contributed by atoms with E-state index < -0.39 is 0 Å². The largest absolute Gasteiger partial charge is 0.507 e. The van der Waals surface area contributed by atoms with Crippen LogP contribution in [0.25, 0.3) is 66.7 Å². The Balaban J connectivity index is 1.32. The number of nitrogens with zero attached hydrogens (tertiary/aromatic N) is 2. The van der Waals surface area contributed by atoms with Gasteiger partial charge in [0.25, 0.3) is 0 Å². The molecule has 2 heterocycles. The van der Waals surface area contributed by atoms with Crippen molar-refractivity contribution in [2.24, 2.45) is 4.99 Å². The number of halogens is 1.